The monoisotopic (exact) mass is 526 g/mol. The Hall–Kier alpha value is -3.24. The number of halogens is 4. The molecule has 0 aromatic heterocycles. The predicted molar refractivity (Wildman–Crippen MR) is 127 cm³/mol. The molecule has 0 aliphatic carbocycles. The van der Waals surface area contributed by atoms with Gasteiger partial charge in [-0.3, -0.25) is 0 Å². The Morgan fingerprint density at radius 2 is 1.69 bits per heavy atom. The molecule has 2 amide bonds. The van der Waals surface area contributed by atoms with E-state index in [0.717, 1.165) is 18.2 Å². The van der Waals surface area contributed by atoms with Crippen LogP contribution in [0.1, 0.15) is 25.0 Å². The molecule has 3 aromatic carbocycles. The normalized spacial score (nSPS) is 11.9. The second-order valence-corrected chi connectivity index (χ2v) is 9.85. The molecular weight excluding hydrogens is 505 g/mol. The van der Waals surface area contributed by atoms with Gasteiger partial charge in [-0.1, -0.05) is 35.9 Å². The van der Waals surface area contributed by atoms with Gasteiger partial charge in [-0.25, -0.2) is 4.79 Å². The van der Waals surface area contributed by atoms with Crippen LogP contribution in [0.25, 0.3) is 0 Å². The first kappa shape index (κ1) is 26.4. The highest BCUT2D eigenvalue weighted by atomic mass is 35.5. The Labute approximate surface area is 206 Å². The molecule has 6 nitrogen and oxygen atoms in total. The molecule has 3 rings (SSSR count). The van der Waals surface area contributed by atoms with Gasteiger partial charge in [0.05, 0.1) is 5.56 Å². The van der Waals surface area contributed by atoms with E-state index in [2.05, 4.69) is 5.32 Å². The van der Waals surface area contributed by atoms with Crippen LogP contribution < -0.4 is 9.50 Å². The minimum absolute atomic E-state index is 0.0781. The lowest BCUT2D eigenvalue weighted by Crippen LogP contribution is -2.39. The van der Waals surface area contributed by atoms with Crippen molar-refractivity contribution in [2.45, 2.75) is 37.5 Å². The number of alkyl halides is 3. The topological polar surface area (TPSA) is 75.7 Å². The summed E-state index contributed by atoms with van der Waals surface area (Å²) in [6, 6.07) is 15.4. The summed E-state index contributed by atoms with van der Waals surface area (Å²) in [4.78, 5) is 13.7. The Kier molecular flexibility index (Phi) is 7.97. The highest BCUT2D eigenvalue weighted by molar-refractivity contribution is 7.87. The van der Waals surface area contributed by atoms with Crippen LogP contribution in [-0.2, 0) is 22.8 Å². The Balaban J connectivity index is 1.71. The molecule has 0 bridgehead atoms. The van der Waals surface area contributed by atoms with Crippen molar-refractivity contribution < 1.29 is 30.6 Å². The fraction of sp³-hybridized carbons (Fsp3) is 0.208. The number of hydrogen-bond donors (Lipinski definition) is 1. The van der Waals surface area contributed by atoms with Crippen molar-refractivity contribution in [3.05, 3.63) is 88.9 Å². The van der Waals surface area contributed by atoms with E-state index in [-0.39, 0.29) is 24.4 Å². The lowest BCUT2D eigenvalue weighted by Gasteiger charge is -2.27. The van der Waals surface area contributed by atoms with Crippen molar-refractivity contribution in [3.63, 3.8) is 0 Å². The average Bonchev–Trinajstić information content (AvgIpc) is 2.77. The molecule has 0 radical (unpaired) electrons. The van der Waals surface area contributed by atoms with Gasteiger partial charge in [-0.05, 0) is 67.9 Å². The number of benzene rings is 3. The van der Waals surface area contributed by atoms with E-state index in [0.29, 0.717) is 22.3 Å². The van der Waals surface area contributed by atoms with Crippen LogP contribution in [0.2, 0.25) is 5.02 Å². The quantitative estimate of drug-likeness (QED) is 0.353. The maximum Gasteiger partial charge on any atom is 0.416 e. The van der Waals surface area contributed by atoms with Crippen LogP contribution in [0.15, 0.2) is 77.7 Å². The second kappa shape index (κ2) is 10.6. The number of rotatable bonds is 7. The fourth-order valence-corrected chi connectivity index (χ4v) is 4.27. The van der Waals surface area contributed by atoms with Crippen molar-refractivity contribution in [1.82, 2.24) is 4.90 Å². The zero-order chi connectivity index (χ0) is 25.8. The predicted octanol–water partition coefficient (Wildman–Crippen LogP) is 6.57. The molecule has 0 heterocycles. The van der Waals surface area contributed by atoms with Gasteiger partial charge >= 0.3 is 22.3 Å². The van der Waals surface area contributed by atoms with Crippen LogP contribution in [-0.4, -0.2) is 25.4 Å². The molecular formula is C24H22ClF3N2O4S. The van der Waals surface area contributed by atoms with Gasteiger partial charge in [0.2, 0.25) is 0 Å². The molecule has 11 heteroatoms. The highest BCUT2D eigenvalue weighted by Crippen LogP contribution is 2.31. The van der Waals surface area contributed by atoms with E-state index in [1.54, 1.807) is 41.3 Å². The Bertz CT molecular complexity index is 1300. The van der Waals surface area contributed by atoms with E-state index in [1.165, 1.54) is 12.1 Å². The molecule has 0 atom stereocenters. The zero-order valence-electron chi connectivity index (χ0n) is 18.7. The van der Waals surface area contributed by atoms with Gasteiger partial charge in [0, 0.05) is 23.3 Å². The Morgan fingerprint density at radius 1 is 1.03 bits per heavy atom. The maximum atomic E-state index is 12.9. The first-order valence-electron chi connectivity index (χ1n) is 10.4. The first-order valence-corrected chi connectivity index (χ1v) is 12.2. The van der Waals surface area contributed by atoms with Crippen LogP contribution in [0, 0.1) is 0 Å². The maximum absolute atomic E-state index is 12.9. The van der Waals surface area contributed by atoms with Crippen molar-refractivity contribution in [1.29, 1.82) is 0 Å². The standard InChI is InChI=1S/C24H22ClF3N2O4S/c1-16(2)30(23(31)29-20-7-4-6-19(25)14-20)15-17-9-11-21(12-10-17)34-35(32,33)22-8-3-5-18(13-22)24(26,27)28/h3-14,16H,15H2,1-2H3,(H,29,31). The third-order valence-corrected chi connectivity index (χ3v) is 6.37. The zero-order valence-corrected chi connectivity index (χ0v) is 20.3. The summed E-state index contributed by atoms with van der Waals surface area (Å²) in [6.45, 7) is 3.90. The lowest BCUT2D eigenvalue weighted by molar-refractivity contribution is -0.137. The SMILES string of the molecule is CC(C)N(Cc1ccc(OS(=O)(=O)c2cccc(C(F)(F)F)c2)cc1)C(=O)Nc1cccc(Cl)c1. The van der Waals surface area contributed by atoms with Gasteiger partial charge in [0.1, 0.15) is 10.6 Å². The van der Waals surface area contributed by atoms with Crippen LogP contribution in [0.5, 0.6) is 5.75 Å². The molecule has 0 aliphatic rings. The van der Waals surface area contributed by atoms with Crippen LogP contribution in [0.3, 0.4) is 0 Å². The minimum atomic E-state index is -4.69. The minimum Gasteiger partial charge on any atom is -0.379 e. The number of carbonyl (C=O) groups is 1. The molecule has 3 aromatic rings. The van der Waals surface area contributed by atoms with Crippen LogP contribution in [0.4, 0.5) is 23.7 Å². The number of carbonyl (C=O) groups excluding carboxylic acids is 1. The molecule has 0 spiro atoms. The van der Waals surface area contributed by atoms with E-state index < -0.39 is 26.8 Å². The van der Waals surface area contributed by atoms with Gasteiger partial charge in [0.25, 0.3) is 0 Å². The largest absolute Gasteiger partial charge is 0.416 e. The molecule has 0 unspecified atom stereocenters. The first-order chi connectivity index (χ1) is 16.3. The number of amides is 2. The third-order valence-electron chi connectivity index (χ3n) is 4.89. The van der Waals surface area contributed by atoms with Gasteiger partial charge < -0.3 is 14.4 Å². The number of nitrogens with one attached hydrogen (secondary N) is 1. The van der Waals surface area contributed by atoms with Crippen molar-refractivity contribution in [2.24, 2.45) is 0 Å². The summed E-state index contributed by atoms with van der Waals surface area (Å²) in [7, 11) is -4.48. The van der Waals surface area contributed by atoms with Crippen molar-refractivity contribution in [3.8, 4) is 5.75 Å². The van der Waals surface area contributed by atoms with Crippen molar-refractivity contribution >= 4 is 33.4 Å². The second-order valence-electron chi connectivity index (χ2n) is 7.87. The molecule has 0 fully saturated rings. The van der Waals surface area contributed by atoms with Gasteiger partial charge in [0.15, 0.2) is 0 Å². The van der Waals surface area contributed by atoms with E-state index >= 15 is 0 Å². The van der Waals surface area contributed by atoms with Crippen molar-refractivity contribution in [2.75, 3.05) is 5.32 Å². The smallest absolute Gasteiger partial charge is 0.379 e. The van der Waals surface area contributed by atoms with Gasteiger partial charge in [-0.2, -0.15) is 21.6 Å². The summed E-state index contributed by atoms with van der Waals surface area (Å²) >= 11 is 5.96. The Morgan fingerprint density at radius 3 is 2.29 bits per heavy atom. The summed E-state index contributed by atoms with van der Waals surface area (Å²) < 4.78 is 68.7. The molecule has 1 N–H and O–H groups in total. The summed E-state index contributed by atoms with van der Waals surface area (Å²) in [6.07, 6.45) is -4.69. The number of hydrogen-bond acceptors (Lipinski definition) is 4. The molecule has 186 valence electrons. The third kappa shape index (κ3) is 7.12. The number of anilines is 1. The molecule has 0 saturated heterocycles. The number of nitrogens with zero attached hydrogens (tertiary/aromatic N) is 1. The summed E-state index contributed by atoms with van der Waals surface area (Å²) in [5.74, 6) is -0.0781. The fourth-order valence-electron chi connectivity index (χ4n) is 3.10. The van der Waals surface area contributed by atoms with E-state index in [4.69, 9.17) is 15.8 Å². The van der Waals surface area contributed by atoms with E-state index in [9.17, 15) is 26.4 Å². The molecule has 35 heavy (non-hydrogen) atoms. The highest BCUT2D eigenvalue weighted by Gasteiger charge is 2.32. The van der Waals surface area contributed by atoms with Crippen LogP contribution >= 0.6 is 11.6 Å². The summed E-state index contributed by atoms with van der Waals surface area (Å²) in [5, 5.41) is 3.26. The lowest BCUT2D eigenvalue weighted by atomic mass is 10.2. The van der Waals surface area contributed by atoms with E-state index in [1.807, 2.05) is 13.8 Å². The number of urea groups is 1. The molecule has 0 aliphatic heterocycles. The van der Waals surface area contributed by atoms with Gasteiger partial charge in [-0.15, -0.1) is 0 Å². The molecule has 0 saturated carbocycles. The average molecular weight is 527 g/mol. The summed E-state index contributed by atoms with van der Waals surface area (Å²) in [5.41, 5.74) is 0.128.